The smallest absolute Gasteiger partial charge is 0.462 e. The molecule has 0 aromatic heterocycles. The molecule has 10 heteroatoms. The minimum absolute atomic E-state index is 0.0429. The van der Waals surface area contributed by atoms with Crippen molar-refractivity contribution in [2.24, 2.45) is 5.73 Å². The minimum atomic E-state index is -4.39. The molecule has 52 heavy (non-hydrogen) atoms. The summed E-state index contributed by atoms with van der Waals surface area (Å²) in [4.78, 5) is 34.7. The lowest BCUT2D eigenvalue weighted by atomic mass is 10.1. The van der Waals surface area contributed by atoms with Crippen molar-refractivity contribution in [2.45, 2.75) is 168 Å². The molecule has 300 valence electrons. The molecule has 0 aromatic carbocycles. The molecule has 0 aliphatic heterocycles. The second-order valence-electron chi connectivity index (χ2n) is 13.2. The Hall–Kier alpha value is -2.29. The van der Waals surface area contributed by atoms with Crippen LogP contribution in [0.2, 0.25) is 0 Å². The number of esters is 2. The Bertz CT molecular complexity index is 1040. The van der Waals surface area contributed by atoms with Gasteiger partial charge < -0.3 is 20.1 Å². The zero-order chi connectivity index (χ0) is 38.2. The van der Waals surface area contributed by atoms with Crippen LogP contribution in [0.15, 0.2) is 60.8 Å². The van der Waals surface area contributed by atoms with E-state index in [0.717, 1.165) is 57.8 Å². The summed E-state index contributed by atoms with van der Waals surface area (Å²) in [5, 5.41) is 0. The summed E-state index contributed by atoms with van der Waals surface area (Å²) in [6.45, 7) is 3.52. The van der Waals surface area contributed by atoms with Gasteiger partial charge in [0.25, 0.3) is 0 Å². The van der Waals surface area contributed by atoms with Gasteiger partial charge in [-0.15, -0.1) is 0 Å². The first-order chi connectivity index (χ1) is 25.3. The van der Waals surface area contributed by atoms with Crippen molar-refractivity contribution in [3.63, 3.8) is 0 Å². The normalized spacial score (nSPS) is 14.0. The number of carbonyl (C=O) groups excluding carboxylic acids is 2. The number of phosphoric acid groups is 1. The maximum absolute atomic E-state index is 12.5. The quantitative estimate of drug-likeness (QED) is 0.0209. The van der Waals surface area contributed by atoms with Gasteiger partial charge in [-0.3, -0.25) is 18.6 Å². The SMILES string of the molecule is CC/C=C/C=C/C=C/C=C/CCCCCC(=O)OC(COC(=O)CCCCCCC/C=C/CCCCCCCCCCC)COP(=O)(O)OCCN. The number of ether oxygens (including phenoxy) is 2. The van der Waals surface area contributed by atoms with E-state index in [4.69, 9.17) is 24.3 Å². The van der Waals surface area contributed by atoms with Gasteiger partial charge in [0.2, 0.25) is 0 Å². The van der Waals surface area contributed by atoms with Crippen LogP contribution >= 0.6 is 7.82 Å². The molecule has 0 saturated heterocycles. The number of allylic oxidation sites excluding steroid dienone is 10. The molecule has 0 heterocycles. The molecule has 3 N–H and O–H groups in total. The lowest BCUT2D eigenvalue weighted by Gasteiger charge is -2.19. The van der Waals surface area contributed by atoms with E-state index in [1.165, 1.54) is 64.2 Å². The lowest BCUT2D eigenvalue weighted by molar-refractivity contribution is -0.161. The molecule has 2 unspecified atom stereocenters. The predicted octanol–water partition coefficient (Wildman–Crippen LogP) is 11.3. The third-order valence-electron chi connectivity index (χ3n) is 8.23. The van der Waals surface area contributed by atoms with E-state index in [1.807, 2.05) is 36.5 Å². The zero-order valence-electron chi connectivity index (χ0n) is 32.8. The van der Waals surface area contributed by atoms with Gasteiger partial charge in [-0.05, 0) is 57.8 Å². The number of unbranched alkanes of at least 4 members (excludes halogenated alkanes) is 17. The predicted molar refractivity (Wildman–Crippen MR) is 215 cm³/mol. The lowest BCUT2D eigenvalue weighted by Crippen LogP contribution is -2.29. The Morgan fingerprint density at radius 1 is 0.596 bits per heavy atom. The molecule has 0 amide bonds. The fraction of sp³-hybridized carbons (Fsp3) is 0.714. The fourth-order valence-electron chi connectivity index (χ4n) is 5.23. The Morgan fingerprint density at radius 2 is 1.08 bits per heavy atom. The first-order valence-electron chi connectivity index (χ1n) is 20.3. The summed E-state index contributed by atoms with van der Waals surface area (Å²) >= 11 is 0. The molecule has 0 bridgehead atoms. The average Bonchev–Trinajstić information content (AvgIpc) is 3.13. The van der Waals surface area contributed by atoms with Crippen LogP contribution in [-0.2, 0) is 32.7 Å². The van der Waals surface area contributed by atoms with E-state index in [2.05, 4.69) is 38.2 Å². The van der Waals surface area contributed by atoms with E-state index >= 15 is 0 Å². The third kappa shape index (κ3) is 37.5. The van der Waals surface area contributed by atoms with Crippen LogP contribution in [0, 0.1) is 0 Å². The van der Waals surface area contributed by atoms with Crippen LogP contribution in [-0.4, -0.2) is 49.3 Å². The number of phosphoric ester groups is 1. The highest BCUT2D eigenvalue weighted by atomic mass is 31.2. The molecule has 9 nitrogen and oxygen atoms in total. The van der Waals surface area contributed by atoms with E-state index < -0.39 is 32.5 Å². The van der Waals surface area contributed by atoms with Crippen LogP contribution in [0.1, 0.15) is 162 Å². The molecule has 0 rings (SSSR count). The highest BCUT2D eigenvalue weighted by Crippen LogP contribution is 2.43. The van der Waals surface area contributed by atoms with Gasteiger partial charge in [0, 0.05) is 19.4 Å². The highest BCUT2D eigenvalue weighted by molar-refractivity contribution is 7.47. The van der Waals surface area contributed by atoms with Crippen molar-refractivity contribution in [1.29, 1.82) is 0 Å². The second kappa shape index (κ2) is 38.4. The van der Waals surface area contributed by atoms with Gasteiger partial charge in [-0.25, -0.2) is 4.57 Å². The Morgan fingerprint density at radius 3 is 1.65 bits per heavy atom. The standard InChI is InChI=1S/C42H74NO8P/c1-3-5-7-9-11-13-15-17-18-19-20-21-23-24-26-28-30-32-34-41(44)48-38-40(39-50-52(46,47)49-37-36-43)51-42(45)35-33-31-29-27-25-22-16-14-12-10-8-6-4-2/h6,8,10,12,14,16,20-22,25,40H,3-5,7,9,11,13,15,17-19,23-24,26-39,43H2,1-2H3,(H,46,47)/b8-6+,12-10+,16-14+,21-20+,25-22+. The van der Waals surface area contributed by atoms with Crippen molar-refractivity contribution in [2.75, 3.05) is 26.4 Å². The second-order valence-corrected chi connectivity index (χ2v) is 14.7. The molecule has 2 atom stereocenters. The Labute approximate surface area is 317 Å². The van der Waals surface area contributed by atoms with Crippen LogP contribution in [0.5, 0.6) is 0 Å². The zero-order valence-corrected chi connectivity index (χ0v) is 33.7. The van der Waals surface area contributed by atoms with E-state index in [9.17, 15) is 19.0 Å². The summed E-state index contributed by atoms with van der Waals surface area (Å²) in [7, 11) is -4.39. The summed E-state index contributed by atoms with van der Waals surface area (Å²) in [5.41, 5.74) is 5.33. The largest absolute Gasteiger partial charge is 0.472 e. The molecule has 0 aliphatic carbocycles. The van der Waals surface area contributed by atoms with Gasteiger partial charge in [0.15, 0.2) is 6.10 Å². The van der Waals surface area contributed by atoms with Crippen molar-refractivity contribution < 1.29 is 37.6 Å². The molecule has 0 radical (unpaired) electrons. The number of hydrogen-bond acceptors (Lipinski definition) is 8. The van der Waals surface area contributed by atoms with Crippen molar-refractivity contribution >= 4 is 19.8 Å². The van der Waals surface area contributed by atoms with Crippen molar-refractivity contribution in [3.05, 3.63) is 60.8 Å². The highest BCUT2D eigenvalue weighted by Gasteiger charge is 2.25. The van der Waals surface area contributed by atoms with Gasteiger partial charge in [-0.2, -0.15) is 0 Å². The van der Waals surface area contributed by atoms with E-state index in [1.54, 1.807) is 0 Å². The van der Waals surface area contributed by atoms with E-state index in [-0.39, 0.29) is 32.6 Å². The molecule has 0 fully saturated rings. The summed E-state index contributed by atoms with van der Waals surface area (Å²) in [5.74, 6) is -0.889. The number of hydrogen-bond donors (Lipinski definition) is 2. The van der Waals surface area contributed by atoms with Gasteiger partial charge in [0.05, 0.1) is 13.2 Å². The third-order valence-corrected chi connectivity index (χ3v) is 9.22. The Balaban J connectivity index is 4.23. The molecular weight excluding hydrogens is 677 g/mol. The maximum atomic E-state index is 12.5. The van der Waals surface area contributed by atoms with Crippen LogP contribution in [0.25, 0.3) is 0 Å². The average molecular weight is 752 g/mol. The number of carbonyl (C=O) groups is 2. The van der Waals surface area contributed by atoms with Crippen LogP contribution in [0.4, 0.5) is 0 Å². The molecule has 0 saturated carbocycles. The maximum Gasteiger partial charge on any atom is 0.472 e. The first-order valence-corrected chi connectivity index (χ1v) is 21.8. The van der Waals surface area contributed by atoms with Crippen molar-refractivity contribution in [1.82, 2.24) is 0 Å². The number of rotatable bonds is 37. The summed E-state index contributed by atoms with van der Waals surface area (Å²) in [6, 6.07) is 0. The van der Waals surface area contributed by atoms with E-state index in [0.29, 0.717) is 12.8 Å². The first kappa shape index (κ1) is 49.7. The van der Waals surface area contributed by atoms with Crippen LogP contribution < -0.4 is 5.73 Å². The van der Waals surface area contributed by atoms with Gasteiger partial charge in [-0.1, -0.05) is 152 Å². The van der Waals surface area contributed by atoms with Crippen molar-refractivity contribution in [3.8, 4) is 0 Å². The van der Waals surface area contributed by atoms with Crippen LogP contribution in [0.3, 0.4) is 0 Å². The summed E-state index contributed by atoms with van der Waals surface area (Å²) < 4.78 is 32.6. The topological polar surface area (TPSA) is 134 Å². The molecule has 0 aromatic rings. The number of nitrogens with two attached hydrogens (primary N) is 1. The molecule has 0 aliphatic rings. The minimum Gasteiger partial charge on any atom is -0.462 e. The Kier molecular flexibility index (Phi) is 36.7. The van der Waals surface area contributed by atoms with Gasteiger partial charge >= 0.3 is 19.8 Å². The molecular formula is C42H74NO8P. The monoisotopic (exact) mass is 752 g/mol. The molecule has 0 spiro atoms. The fourth-order valence-corrected chi connectivity index (χ4v) is 5.99. The summed E-state index contributed by atoms with van der Waals surface area (Å²) in [6.07, 6.45) is 44.0. The van der Waals surface area contributed by atoms with Gasteiger partial charge in [0.1, 0.15) is 6.61 Å².